The number of aromatic amines is 1. The molecule has 0 saturated carbocycles. The van der Waals surface area contributed by atoms with Gasteiger partial charge in [-0.3, -0.25) is 14.9 Å². The number of halogens is 2. The van der Waals surface area contributed by atoms with Crippen LogP contribution in [0.3, 0.4) is 0 Å². The maximum Gasteiger partial charge on any atom is 0.346 e. The minimum atomic E-state index is -0.847. The van der Waals surface area contributed by atoms with E-state index in [4.69, 9.17) is 32.5 Å². The molecule has 172 valence electrons. The Kier molecular flexibility index (Phi) is 6.76. The summed E-state index contributed by atoms with van der Waals surface area (Å²) in [7, 11) is 0. The van der Waals surface area contributed by atoms with E-state index in [9.17, 15) is 14.4 Å². The molecule has 0 fully saturated rings. The van der Waals surface area contributed by atoms with Gasteiger partial charge < -0.3 is 14.2 Å². The highest BCUT2D eigenvalue weighted by Crippen LogP contribution is 2.30. The summed E-state index contributed by atoms with van der Waals surface area (Å²) >= 11 is 11.8. The number of carbonyl (C=O) groups is 2. The summed E-state index contributed by atoms with van der Waals surface area (Å²) in [5, 5.41) is 7.33. The smallest absolute Gasteiger partial charge is 0.346 e. The van der Waals surface area contributed by atoms with Crippen LogP contribution in [0.25, 0.3) is 22.6 Å². The number of hydrogen-bond donors (Lipinski definition) is 2. The molecule has 11 heteroatoms. The zero-order valence-electron chi connectivity index (χ0n) is 17.6. The molecule has 0 aliphatic heterocycles. The summed E-state index contributed by atoms with van der Waals surface area (Å²) in [5.74, 6) is -1.61. The molecule has 2 aromatic heterocycles. The van der Waals surface area contributed by atoms with Crippen LogP contribution >= 0.6 is 23.2 Å². The normalized spacial score (nSPS) is 10.7. The van der Waals surface area contributed by atoms with Gasteiger partial charge in [-0.1, -0.05) is 40.5 Å². The lowest BCUT2D eigenvalue weighted by Crippen LogP contribution is -2.24. The van der Waals surface area contributed by atoms with Crippen LogP contribution in [0.2, 0.25) is 10.0 Å². The quantitative estimate of drug-likeness (QED) is 0.364. The second-order valence-electron chi connectivity index (χ2n) is 6.90. The Morgan fingerprint density at radius 2 is 1.65 bits per heavy atom. The third-order valence-corrected chi connectivity index (χ3v) is 5.18. The molecule has 4 aromatic rings. The second-order valence-corrected chi connectivity index (χ2v) is 7.77. The van der Waals surface area contributed by atoms with Crippen molar-refractivity contribution < 1.29 is 18.8 Å². The lowest BCUT2D eigenvalue weighted by Gasteiger charge is -2.06. The van der Waals surface area contributed by atoms with Crippen molar-refractivity contribution in [2.24, 2.45) is 0 Å². The molecule has 2 N–H and O–H groups in total. The molecule has 2 aromatic carbocycles. The fraction of sp³-hybridized carbons (Fsp3) is 0.0870. The largest absolute Gasteiger partial charge is 0.462 e. The van der Waals surface area contributed by atoms with Gasteiger partial charge in [0.15, 0.2) is 5.56 Å². The topological polar surface area (TPSA) is 127 Å². The van der Waals surface area contributed by atoms with Gasteiger partial charge in [-0.2, -0.15) is 0 Å². The van der Waals surface area contributed by atoms with Crippen molar-refractivity contribution in [2.45, 2.75) is 6.92 Å². The number of nitrogens with zero attached hydrogens (tertiary/aromatic N) is 2. The maximum atomic E-state index is 12.8. The Hall–Kier alpha value is -3.95. The van der Waals surface area contributed by atoms with Crippen molar-refractivity contribution >= 4 is 41.0 Å². The second kappa shape index (κ2) is 9.90. The van der Waals surface area contributed by atoms with Crippen molar-refractivity contribution in [3.63, 3.8) is 0 Å². The van der Waals surface area contributed by atoms with Crippen LogP contribution in [0.4, 0.5) is 5.88 Å². The van der Waals surface area contributed by atoms with Gasteiger partial charge >= 0.3 is 5.97 Å². The third-order valence-electron chi connectivity index (χ3n) is 4.68. The van der Waals surface area contributed by atoms with Gasteiger partial charge in [0.25, 0.3) is 11.5 Å². The number of hydrogen-bond acceptors (Lipinski definition) is 7. The van der Waals surface area contributed by atoms with Gasteiger partial charge in [-0.05, 0) is 43.3 Å². The molecule has 2 heterocycles. The Balaban J connectivity index is 1.65. The standard InChI is InChI=1S/C23H16Cl2N4O5/c1-2-33-23(32)17-18(12-3-7-14(24)8-4-12)29-34-22(17)28-21(31)16-11-26-19(27-20(16)30)13-5-9-15(25)10-6-13/h3-11H,2H2,1H3,(H,28,31)(H,26,27,30). The molecule has 0 bridgehead atoms. The van der Waals surface area contributed by atoms with Gasteiger partial charge in [-0.15, -0.1) is 0 Å². The van der Waals surface area contributed by atoms with Crippen molar-refractivity contribution in [3.05, 3.63) is 86.3 Å². The van der Waals surface area contributed by atoms with Crippen LogP contribution in [-0.4, -0.2) is 33.6 Å². The van der Waals surface area contributed by atoms with Crippen LogP contribution in [0, 0.1) is 0 Å². The minimum absolute atomic E-state index is 0.0905. The lowest BCUT2D eigenvalue weighted by atomic mass is 10.1. The number of anilines is 1. The molecular weight excluding hydrogens is 483 g/mol. The van der Waals surface area contributed by atoms with E-state index in [2.05, 4.69) is 20.4 Å². The number of H-pyrrole nitrogens is 1. The number of carbonyl (C=O) groups excluding carboxylic acids is 2. The molecule has 0 aliphatic carbocycles. The van der Waals surface area contributed by atoms with E-state index in [-0.39, 0.29) is 35.1 Å². The minimum Gasteiger partial charge on any atom is -0.462 e. The molecule has 0 spiro atoms. The average Bonchev–Trinajstić information content (AvgIpc) is 3.23. The number of aromatic nitrogens is 3. The van der Waals surface area contributed by atoms with Crippen LogP contribution in [-0.2, 0) is 4.74 Å². The fourth-order valence-electron chi connectivity index (χ4n) is 3.05. The van der Waals surface area contributed by atoms with Crippen LogP contribution in [0.1, 0.15) is 27.6 Å². The predicted octanol–water partition coefficient (Wildman–Crippen LogP) is 4.83. The molecule has 0 saturated heterocycles. The van der Waals surface area contributed by atoms with Crippen LogP contribution in [0.15, 0.2) is 64.0 Å². The number of benzene rings is 2. The molecular formula is C23H16Cl2N4O5. The summed E-state index contributed by atoms with van der Waals surface area (Å²) < 4.78 is 10.3. The number of amides is 1. The van der Waals surface area contributed by atoms with Gasteiger partial charge in [0.05, 0.1) is 6.61 Å². The first-order chi connectivity index (χ1) is 16.4. The molecule has 34 heavy (non-hydrogen) atoms. The first-order valence-electron chi connectivity index (χ1n) is 9.96. The molecule has 0 aliphatic rings. The van der Waals surface area contributed by atoms with E-state index in [1.54, 1.807) is 55.5 Å². The average molecular weight is 499 g/mol. The Morgan fingerprint density at radius 1 is 1.03 bits per heavy atom. The Bertz CT molecular complexity index is 1410. The van der Waals surface area contributed by atoms with E-state index in [1.165, 1.54) is 0 Å². The molecule has 9 nitrogen and oxygen atoms in total. The van der Waals surface area contributed by atoms with Crippen LogP contribution < -0.4 is 10.9 Å². The first-order valence-corrected chi connectivity index (χ1v) is 10.7. The SMILES string of the molecule is CCOC(=O)c1c(-c2ccc(Cl)cc2)noc1NC(=O)c1cnc(-c2ccc(Cl)cc2)[nH]c1=O. The van der Waals surface area contributed by atoms with Gasteiger partial charge in [0.2, 0.25) is 5.88 Å². The van der Waals surface area contributed by atoms with Crippen molar-refractivity contribution in [2.75, 3.05) is 11.9 Å². The van der Waals surface area contributed by atoms with E-state index in [1.807, 2.05) is 0 Å². The maximum absolute atomic E-state index is 12.8. The van der Waals surface area contributed by atoms with Gasteiger partial charge in [0, 0.05) is 27.4 Å². The summed E-state index contributed by atoms with van der Waals surface area (Å²) in [6.07, 6.45) is 1.12. The summed E-state index contributed by atoms with van der Waals surface area (Å²) in [6.45, 7) is 1.73. The molecule has 1 amide bonds. The van der Waals surface area contributed by atoms with E-state index < -0.39 is 17.4 Å². The highest BCUT2D eigenvalue weighted by molar-refractivity contribution is 6.31. The Morgan fingerprint density at radius 3 is 2.24 bits per heavy atom. The summed E-state index contributed by atoms with van der Waals surface area (Å²) in [6, 6.07) is 13.2. The van der Waals surface area contributed by atoms with Crippen molar-refractivity contribution in [1.29, 1.82) is 0 Å². The van der Waals surface area contributed by atoms with Gasteiger partial charge in [-0.25, -0.2) is 9.78 Å². The lowest BCUT2D eigenvalue weighted by molar-refractivity contribution is 0.0528. The highest BCUT2D eigenvalue weighted by Gasteiger charge is 2.27. The summed E-state index contributed by atoms with van der Waals surface area (Å²) in [5.41, 5.74) is 0.198. The number of nitrogens with one attached hydrogen (secondary N) is 2. The molecule has 4 rings (SSSR count). The van der Waals surface area contributed by atoms with Gasteiger partial charge in [0.1, 0.15) is 17.1 Å². The molecule has 0 atom stereocenters. The van der Waals surface area contributed by atoms with E-state index >= 15 is 0 Å². The summed E-state index contributed by atoms with van der Waals surface area (Å²) in [4.78, 5) is 44.7. The van der Waals surface area contributed by atoms with Crippen LogP contribution in [0.5, 0.6) is 0 Å². The highest BCUT2D eigenvalue weighted by atomic mass is 35.5. The number of rotatable bonds is 6. The predicted molar refractivity (Wildman–Crippen MR) is 126 cm³/mol. The molecule has 0 unspecified atom stereocenters. The van der Waals surface area contributed by atoms with Crippen molar-refractivity contribution in [1.82, 2.24) is 15.1 Å². The monoisotopic (exact) mass is 498 g/mol. The fourth-order valence-corrected chi connectivity index (χ4v) is 3.31. The number of ether oxygens (including phenoxy) is 1. The van der Waals surface area contributed by atoms with E-state index in [0.717, 1.165) is 6.20 Å². The zero-order valence-corrected chi connectivity index (χ0v) is 19.1. The number of esters is 1. The third kappa shape index (κ3) is 4.85. The van der Waals surface area contributed by atoms with E-state index in [0.29, 0.717) is 21.2 Å². The first kappa shape index (κ1) is 23.2. The zero-order chi connectivity index (χ0) is 24.2. The Labute approximate surface area is 202 Å². The van der Waals surface area contributed by atoms with Crippen molar-refractivity contribution in [3.8, 4) is 22.6 Å². The molecule has 0 radical (unpaired) electrons.